The molecule has 0 N–H and O–H groups in total. The smallest absolute Gasteiger partial charge is 0.324 e. The first-order valence-electron chi connectivity index (χ1n) is 5.32. The predicted octanol–water partition coefficient (Wildman–Crippen LogP) is 2.13. The van der Waals surface area contributed by atoms with Crippen molar-refractivity contribution in [2.45, 2.75) is 19.0 Å². The van der Waals surface area contributed by atoms with Crippen molar-refractivity contribution in [3.05, 3.63) is 18.7 Å². The molecule has 2 rings (SSSR count). The lowest BCUT2D eigenvalue weighted by atomic mass is 9.96. The van der Waals surface area contributed by atoms with Crippen LogP contribution in [0.1, 0.15) is 12.8 Å². The molecular weight excluding hydrogens is 235 g/mol. The Bertz CT molecular complexity index is 380. The van der Waals surface area contributed by atoms with E-state index in [-0.39, 0.29) is 32.0 Å². The van der Waals surface area contributed by atoms with E-state index in [1.807, 2.05) is 0 Å². The Hall–Kier alpha value is -1.53. The van der Waals surface area contributed by atoms with Crippen LogP contribution in [-0.2, 0) is 0 Å². The van der Waals surface area contributed by atoms with Gasteiger partial charge >= 0.3 is 12.2 Å². The van der Waals surface area contributed by atoms with Gasteiger partial charge in [-0.2, -0.15) is 13.2 Å². The lowest BCUT2D eigenvalue weighted by Crippen LogP contribution is -2.43. The van der Waals surface area contributed by atoms with Gasteiger partial charge in [0.05, 0.1) is 5.92 Å². The van der Waals surface area contributed by atoms with Crippen LogP contribution in [0.15, 0.2) is 18.7 Å². The Labute approximate surface area is 96.0 Å². The second-order valence-electron chi connectivity index (χ2n) is 4.06. The predicted molar refractivity (Wildman–Crippen MR) is 53.4 cm³/mol. The summed E-state index contributed by atoms with van der Waals surface area (Å²) in [7, 11) is 0. The molecule has 4 nitrogen and oxygen atoms in total. The standard InChI is InChI=1S/C10H12F3N3O/c11-10(12,13)8-1-4-15(5-2-8)9(17)16-6-3-14-7-16/h3,6-8H,1-2,4-5H2. The molecule has 1 aliphatic heterocycles. The maximum absolute atomic E-state index is 12.4. The zero-order valence-electron chi connectivity index (χ0n) is 9.02. The fraction of sp³-hybridized carbons (Fsp3) is 0.600. The summed E-state index contributed by atoms with van der Waals surface area (Å²) in [6, 6.07) is -0.317. The van der Waals surface area contributed by atoms with Crippen LogP contribution in [0.5, 0.6) is 0 Å². The molecule has 0 bridgehead atoms. The molecule has 1 fully saturated rings. The lowest BCUT2D eigenvalue weighted by Gasteiger charge is -2.32. The molecule has 0 aromatic carbocycles. The third-order valence-electron chi connectivity index (χ3n) is 2.95. The van der Waals surface area contributed by atoms with E-state index in [4.69, 9.17) is 0 Å². The summed E-state index contributed by atoms with van der Waals surface area (Å²) in [5, 5.41) is 0. The van der Waals surface area contributed by atoms with E-state index in [1.54, 1.807) is 0 Å². The largest absolute Gasteiger partial charge is 0.391 e. The molecule has 94 valence electrons. The summed E-state index contributed by atoms with van der Waals surface area (Å²) >= 11 is 0. The van der Waals surface area contributed by atoms with Crippen LogP contribution in [0, 0.1) is 5.92 Å². The van der Waals surface area contributed by atoms with E-state index in [1.165, 1.54) is 28.2 Å². The van der Waals surface area contributed by atoms with Crippen LogP contribution in [0.25, 0.3) is 0 Å². The highest BCUT2D eigenvalue weighted by molar-refractivity contribution is 5.76. The summed E-state index contributed by atoms with van der Waals surface area (Å²) in [5.74, 6) is -1.28. The zero-order valence-corrected chi connectivity index (χ0v) is 9.02. The molecule has 1 amide bonds. The SMILES string of the molecule is O=C(N1CCC(C(F)(F)F)CC1)n1ccnc1. The normalized spacial score (nSPS) is 18.4. The monoisotopic (exact) mass is 247 g/mol. The van der Waals surface area contributed by atoms with Crippen molar-refractivity contribution in [2.75, 3.05) is 13.1 Å². The van der Waals surface area contributed by atoms with E-state index < -0.39 is 12.1 Å². The van der Waals surface area contributed by atoms with Gasteiger partial charge in [0.2, 0.25) is 0 Å². The number of halogens is 3. The topological polar surface area (TPSA) is 38.1 Å². The minimum Gasteiger partial charge on any atom is -0.324 e. The van der Waals surface area contributed by atoms with E-state index in [2.05, 4.69) is 4.98 Å². The average Bonchev–Trinajstić information content (AvgIpc) is 2.80. The number of carbonyl (C=O) groups is 1. The van der Waals surface area contributed by atoms with Crippen molar-refractivity contribution in [3.63, 3.8) is 0 Å². The van der Waals surface area contributed by atoms with E-state index in [0.717, 1.165) is 0 Å². The van der Waals surface area contributed by atoms with Crippen LogP contribution < -0.4 is 0 Å². The van der Waals surface area contributed by atoms with Gasteiger partial charge in [0.15, 0.2) is 0 Å². The minimum absolute atomic E-state index is 0.0239. The maximum atomic E-state index is 12.4. The number of rotatable bonds is 0. The summed E-state index contributed by atoms with van der Waals surface area (Å²) in [5.41, 5.74) is 0. The Balaban J connectivity index is 1.94. The molecule has 1 aromatic rings. The van der Waals surface area contributed by atoms with Gasteiger partial charge < -0.3 is 4.90 Å². The van der Waals surface area contributed by atoms with Crippen molar-refractivity contribution < 1.29 is 18.0 Å². The molecule has 0 unspecified atom stereocenters. The summed E-state index contributed by atoms with van der Waals surface area (Å²) in [4.78, 5) is 16.9. The first kappa shape index (κ1) is 11.9. The Morgan fingerprint density at radius 3 is 2.41 bits per heavy atom. The molecule has 1 aromatic heterocycles. The van der Waals surface area contributed by atoms with Gasteiger partial charge in [-0.1, -0.05) is 0 Å². The highest BCUT2D eigenvalue weighted by Gasteiger charge is 2.41. The van der Waals surface area contributed by atoms with Gasteiger partial charge in [0.25, 0.3) is 0 Å². The second-order valence-corrected chi connectivity index (χ2v) is 4.06. The molecule has 0 radical (unpaired) electrons. The Kier molecular flexibility index (Phi) is 3.08. The number of alkyl halides is 3. The molecule has 1 saturated heterocycles. The number of amides is 1. The van der Waals surface area contributed by atoms with Gasteiger partial charge in [-0.15, -0.1) is 0 Å². The van der Waals surface area contributed by atoms with Crippen LogP contribution in [0.2, 0.25) is 0 Å². The number of hydrogen-bond donors (Lipinski definition) is 0. The van der Waals surface area contributed by atoms with Crippen molar-refractivity contribution in [3.8, 4) is 0 Å². The third kappa shape index (κ3) is 2.59. The van der Waals surface area contributed by atoms with Crippen LogP contribution in [0.3, 0.4) is 0 Å². The third-order valence-corrected chi connectivity index (χ3v) is 2.95. The number of likely N-dealkylation sites (tertiary alicyclic amines) is 1. The van der Waals surface area contributed by atoms with Gasteiger partial charge in [-0.05, 0) is 12.8 Å². The maximum Gasteiger partial charge on any atom is 0.391 e. The van der Waals surface area contributed by atoms with Gasteiger partial charge in [0, 0.05) is 25.5 Å². The minimum atomic E-state index is -4.15. The van der Waals surface area contributed by atoms with Crippen molar-refractivity contribution in [2.24, 2.45) is 5.92 Å². The summed E-state index contributed by atoms with van der Waals surface area (Å²) < 4.78 is 38.5. The Morgan fingerprint density at radius 1 is 1.29 bits per heavy atom. The number of imidazole rings is 1. The van der Waals surface area contributed by atoms with Crippen LogP contribution in [-0.4, -0.2) is 39.7 Å². The van der Waals surface area contributed by atoms with Gasteiger partial charge in [-0.3, -0.25) is 4.57 Å². The second kappa shape index (κ2) is 4.38. The van der Waals surface area contributed by atoms with Crippen molar-refractivity contribution >= 4 is 6.03 Å². The fourth-order valence-corrected chi connectivity index (χ4v) is 1.93. The molecule has 7 heteroatoms. The Morgan fingerprint density at radius 2 is 1.94 bits per heavy atom. The fourth-order valence-electron chi connectivity index (χ4n) is 1.93. The first-order valence-corrected chi connectivity index (χ1v) is 5.32. The van der Waals surface area contributed by atoms with Crippen molar-refractivity contribution in [1.82, 2.24) is 14.5 Å². The molecular formula is C10H12F3N3O. The first-order chi connectivity index (χ1) is 7.98. The number of hydrogen-bond acceptors (Lipinski definition) is 2. The van der Waals surface area contributed by atoms with Crippen LogP contribution >= 0.6 is 0 Å². The molecule has 0 aliphatic carbocycles. The quantitative estimate of drug-likeness (QED) is 0.704. The molecule has 2 heterocycles. The highest BCUT2D eigenvalue weighted by atomic mass is 19.4. The lowest BCUT2D eigenvalue weighted by molar-refractivity contribution is -0.183. The number of piperidine rings is 1. The molecule has 1 aliphatic rings. The highest BCUT2D eigenvalue weighted by Crippen LogP contribution is 2.34. The molecule has 0 saturated carbocycles. The molecule has 0 spiro atoms. The van der Waals surface area contributed by atoms with E-state index >= 15 is 0 Å². The number of carbonyl (C=O) groups excluding carboxylic acids is 1. The summed E-state index contributed by atoms with van der Waals surface area (Å²) in [6.07, 6.45) is 0.0920. The summed E-state index contributed by atoms with van der Waals surface area (Å²) in [6.45, 7) is 0.280. The van der Waals surface area contributed by atoms with Crippen molar-refractivity contribution in [1.29, 1.82) is 0 Å². The number of nitrogens with zero attached hydrogens (tertiary/aromatic N) is 3. The van der Waals surface area contributed by atoms with Crippen LogP contribution in [0.4, 0.5) is 18.0 Å². The number of aromatic nitrogens is 2. The molecule has 0 atom stereocenters. The van der Waals surface area contributed by atoms with E-state index in [9.17, 15) is 18.0 Å². The average molecular weight is 247 g/mol. The van der Waals surface area contributed by atoms with E-state index in [0.29, 0.717) is 0 Å². The van der Waals surface area contributed by atoms with Gasteiger partial charge in [0.1, 0.15) is 6.33 Å². The zero-order chi connectivity index (χ0) is 12.5. The molecule has 17 heavy (non-hydrogen) atoms. The van der Waals surface area contributed by atoms with Gasteiger partial charge in [-0.25, -0.2) is 9.78 Å².